The summed E-state index contributed by atoms with van der Waals surface area (Å²) in [6.45, 7) is -0.000795. The van der Waals surface area contributed by atoms with Crippen molar-refractivity contribution in [2.75, 3.05) is 11.9 Å². The van der Waals surface area contributed by atoms with E-state index < -0.39 is 0 Å². The second-order valence-electron chi connectivity index (χ2n) is 4.85. The van der Waals surface area contributed by atoms with Crippen LogP contribution in [0.5, 0.6) is 0 Å². The number of rotatable bonds is 4. The average Bonchev–Trinajstić information content (AvgIpc) is 2.80. The number of anilines is 1. The van der Waals surface area contributed by atoms with Crippen LogP contribution >= 0.6 is 11.6 Å². The molecular formula is C15H11ClN4O3. The second-order valence-corrected chi connectivity index (χ2v) is 5.23. The molecule has 0 saturated heterocycles. The largest absolute Gasteiger partial charge is 0.309 e. The minimum Gasteiger partial charge on any atom is -0.309 e. The summed E-state index contributed by atoms with van der Waals surface area (Å²) in [5.74, 6) is -0.894. The first kappa shape index (κ1) is 15.1. The summed E-state index contributed by atoms with van der Waals surface area (Å²) in [4.78, 5) is 37.3. The molecule has 1 aromatic carbocycles. The Morgan fingerprint density at radius 3 is 2.26 bits per heavy atom. The third kappa shape index (κ3) is 3.04. The van der Waals surface area contributed by atoms with Crippen molar-refractivity contribution in [2.45, 2.75) is 6.42 Å². The molecule has 1 aromatic heterocycles. The summed E-state index contributed by atoms with van der Waals surface area (Å²) < 4.78 is 0. The number of nitrogens with zero attached hydrogens (tertiary/aromatic N) is 3. The highest BCUT2D eigenvalue weighted by molar-refractivity contribution is 6.29. The topological polar surface area (TPSA) is 92.3 Å². The molecule has 1 N–H and O–H groups in total. The lowest BCUT2D eigenvalue weighted by Gasteiger charge is -2.13. The van der Waals surface area contributed by atoms with E-state index in [0.717, 1.165) is 4.90 Å². The molecule has 0 fully saturated rings. The van der Waals surface area contributed by atoms with E-state index in [1.807, 2.05) is 0 Å². The zero-order valence-corrected chi connectivity index (χ0v) is 12.6. The molecule has 0 bridgehead atoms. The molecule has 0 spiro atoms. The Balaban J connectivity index is 1.61. The fraction of sp³-hybridized carbons (Fsp3) is 0.133. The van der Waals surface area contributed by atoms with Crippen molar-refractivity contribution < 1.29 is 14.4 Å². The zero-order valence-electron chi connectivity index (χ0n) is 11.8. The van der Waals surface area contributed by atoms with E-state index in [1.54, 1.807) is 24.3 Å². The molecule has 0 aliphatic carbocycles. The van der Waals surface area contributed by atoms with Crippen molar-refractivity contribution in [1.29, 1.82) is 0 Å². The van der Waals surface area contributed by atoms with Gasteiger partial charge in [0.2, 0.25) is 5.91 Å². The summed E-state index contributed by atoms with van der Waals surface area (Å²) >= 11 is 5.60. The van der Waals surface area contributed by atoms with Gasteiger partial charge >= 0.3 is 0 Å². The lowest BCUT2D eigenvalue weighted by Crippen LogP contribution is -2.33. The normalized spacial score (nSPS) is 13.2. The van der Waals surface area contributed by atoms with Gasteiger partial charge < -0.3 is 5.32 Å². The second kappa shape index (κ2) is 6.13. The van der Waals surface area contributed by atoms with Crippen LogP contribution in [0.25, 0.3) is 0 Å². The summed E-state index contributed by atoms with van der Waals surface area (Å²) in [6, 6.07) is 9.58. The minimum atomic E-state index is -0.385. The third-order valence-electron chi connectivity index (χ3n) is 3.34. The van der Waals surface area contributed by atoms with Gasteiger partial charge in [-0.05, 0) is 24.3 Å². The van der Waals surface area contributed by atoms with Crippen molar-refractivity contribution in [3.63, 3.8) is 0 Å². The van der Waals surface area contributed by atoms with E-state index in [9.17, 15) is 14.4 Å². The van der Waals surface area contributed by atoms with Gasteiger partial charge in [0.25, 0.3) is 11.8 Å². The number of aromatic nitrogens is 2. The monoisotopic (exact) mass is 330 g/mol. The summed E-state index contributed by atoms with van der Waals surface area (Å²) in [5, 5.41) is 10.0. The van der Waals surface area contributed by atoms with Crippen LogP contribution in [0.4, 0.5) is 5.82 Å². The van der Waals surface area contributed by atoms with Crippen molar-refractivity contribution in [3.8, 4) is 0 Å². The molecule has 3 rings (SSSR count). The highest BCUT2D eigenvalue weighted by Gasteiger charge is 2.34. The molecule has 23 heavy (non-hydrogen) atoms. The highest BCUT2D eigenvalue weighted by atomic mass is 35.5. The van der Waals surface area contributed by atoms with Gasteiger partial charge in [-0.2, -0.15) is 0 Å². The van der Waals surface area contributed by atoms with Crippen molar-refractivity contribution in [2.24, 2.45) is 0 Å². The maximum Gasteiger partial charge on any atom is 0.261 e. The number of hydrogen-bond acceptors (Lipinski definition) is 5. The lowest BCUT2D eigenvalue weighted by atomic mass is 10.1. The number of nitrogens with one attached hydrogen (secondary N) is 1. The third-order valence-corrected chi connectivity index (χ3v) is 3.54. The van der Waals surface area contributed by atoms with Gasteiger partial charge in [-0.3, -0.25) is 19.3 Å². The Bertz CT molecular complexity index is 757. The molecule has 0 atom stereocenters. The van der Waals surface area contributed by atoms with Crippen molar-refractivity contribution in [1.82, 2.24) is 15.1 Å². The molecule has 116 valence electrons. The first-order valence-electron chi connectivity index (χ1n) is 6.80. The lowest BCUT2D eigenvalue weighted by molar-refractivity contribution is -0.116. The van der Waals surface area contributed by atoms with Gasteiger partial charge in [-0.25, -0.2) is 0 Å². The molecule has 0 saturated carbocycles. The van der Waals surface area contributed by atoms with E-state index in [1.165, 1.54) is 12.1 Å². The molecule has 0 unspecified atom stereocenters. The van der Waals surface area contributed by atoms with Gasteiger partial charge in [0.15, 0.2) is 11.0 Å². The Labute approximate surface area is 136 Å². The number of carbonyl (C=O) groups is 3. The number of hydrogen-bond donors (Lipinski definition) is 1. The summed E-state index contributed by atoms with van der Waals surface area (Å²) in [6.07, 6.45) is -0.0320. The van der Waals surface area contributed by atoms with Gasteiger partial charge in [-0.1, -0.05) is 23.7 Å². The molecule has 7 nitrogen and oxygen atoms in total. The van der Waals surface area contributed by atoms with Crippen LogP contribution < -0.4 is 5.32 Å². The molecule has 0 radical (unpaired) electrons. The van der Waals surface area contributed by atoms with Gasteiger partial charge in [0.1, 0.15) is 0 Å². The van der Waals surface area contributed by atoms with E-state index in [0.29, 0.717) is 11.1 Å². The number of halogens is 1. The first-order chi connectivity index (χ1) is 11.1. The highest BCUT2D eigenvalue weighted by Crippen LogP contribution is 2.22. The molecule has 1 aliphatic heterocycles. The predicted octanol–water partition coefficient (Wildman–Crippen LogP) is 1.75. The maximum atomic E-state index is 12.2. The van der Waals surface area contributed by atoms with Crippen LogP contribution in [0.1, 0.15) is 27.1 Å². The smallest absolute Gasteiger partial charge is 0.261 e. The summed E-state index contributed by atoms with van der Waals surface area (Å²) in [7, 11) is 0. The van der Waals surface area contributed by atoms with E-state index >= 15 is 0 Å². The van der Waals surface area contributed by atoms with Crippen LogP contribution in [-0.4, -0.2) is 39.4 Å². The van der Waals surface area contributed by atoms with Crippen LogP contribution in [0, 0.1) is 0 Å². The molecule has 8 heteroatoms. The standard InChI is InChI=1S/C15H11ClN4O3/c16-11-5-6-12(19-18-11)17-13(21)7-8-20-14(22)9-3-1-2-4-10(9)15(20)23/h1-6H,7-8H2,(H,17,19,21). The van der Waals surface area contributed by atoms with Crippen molar-refractivity contribution in [3.05, 3.63) is 52.7 Å². The van der Waals surface area contributed by atoms with Gasteiger partial charge in [0.05, 0.1) is 11.1 Å². The van der Waals surface area contributed by atoms with E-state index in [2.05, 4.69) is 15.5 Å². The van der Waals surface area contributed by atoms with E-state index in [4.69, 9.17) is 11.6 Å². The van der Waals surface area contributed by atoms with Crippen LogP contribution in [0.3, 0.4) is 0 Å². The van der Waals surface area contributed by atoms with Crippen molar-refractivity contribution >= 4 is 35.1 Å². The average molecular weight is 331 g/mol. The molecule has 3 amide bonds. The van der Waals surface area contributed by atoms with E-state index in [-0.39, 0.29) is 41.7 Å². The van der Waals surface area contributed by atoms with Crippen LogP contribution in [-0.2, 0) is 4.79 Å². The molecule has 1 aliphatic rings. The van der Waals surface area contributed by atoms with Crippen LogP contribution in [0.2, 0.25) is 5.15 Å². The SMILES string of the molecule is O=C(CCN1C(=O)c2ccccc2C1=O)Nc1ccc(Cl)nn1. The van der Waals surface area contributed by atoms with Gasteiger partial charge in [-0.15, -0.1) is 10.2 Å². The van der Waals surface area contributed by atoms with Crippen LogP contribution in [0.15, 0.2) is 36.4 Å². The number of imide groups is 1. The quantitative estimate of drug-likeness (QED) is 0.862. The fourth-order valence-corrected chi connectivity index (χ4v) is 2.34. The fourth-order valence-electron chi connectivity index (χ4n) is 2.24. The minimum absolute atomic E-state index is 0.000795. The number of amides is 3. The van der Waals surface area contributed by atoms with Gasteiger partial charge in [0, 0.05) is 13.0 Å². The zero-order chi connectivity index (χ0) is 16.4. The summed E-state index contributed by atoms with van der Waals surface area (Å²) in [5.41, 5.74) is 0.725. The Morgan fingerprint density at radius 2 is 1.70 bits per heavy atom. The molecule has 2 aromatic rings. The Hall–Kier alpha value is -2.80. The molecular weight excluding hydrogens is 320 g/mol. The molecule has 2 heterocycles. The maximum absolute atomic E-state index is 12.2. The first-order valence-corrected chi connectivity index (χ1v) is 7.18. The number of fused-ring (bicyclic) bond motifs is 1. The number of carbonyl (C=O) groups excluding carboxylic acids is 3. The predicted molar refractivity (Wildman–Crippen MR) is 82.1 cm³/mol. The number of benzene rings is 1. The Kier molecular flexibility index (Phi) is 4.03. The Morgan fingerprint density at radius 1 is 1.04 bits per heavy atom.